The first-order valence-corrected chi connectivity index (χ1v) is 9.68. The van der Waals surface area contributed by atoms with Crippen LogP contribution >= 0.6 is 0 Å². The van der Waals surface area contributed by atoms with Gasteiger partial charge in [-0.05, 0) is 36.8 Å². The largest absolute Gasteiger partial charge is 0.349 e. The van der Waals surface area contributed by atoms with E-state index in [-0.39, 0.29) is 12.5 Å². The van der Waals surface area contributed by atoms with Crippen LogP contribution in [0, 0.1) is 6.92 Å². The van der Waals surface area contributed by atoms with Crippen molar-refractivity contribution in [2.75, 3.05) is 17.1 Å². The molecule has 0 unspecified atom stereocenters. The van der Waals surface area contributed by atoms with Crippen LogP contribution in [0.5, 0.6) is 0 Å². The van der Waals surface area contributed by atoms with Gasteiger partial charge >= 0.3 is 0 Å². The van der Waals surface area contributed by atoms with E-state index in [0.29, 0.717) is 17.8 Å². The zero-order chi connectivity index (χ0) is 18.4. The van der Waals surface area contributed by atoms with Gasteiger partial charge in [0, 0.05) is 12.1 Å². The fourth-order valence-corrected chi connectivity index (χ4v) is 3.19. The Morgan fingerprint density at radius 2 is 1.72 bits per heavy atom. The number of nitrogens with one attached hydrogen (secondary N) is 1. The molecule has 0 aliphatic heterocycles. The van der Waals surface area contributed by atoms with Crippen LogP contribution in [-0.4, -0.2) is 27.1 Å². The van der Waals surface area contributed by atoms with Crippen LogP contribution in [0.25, 0.3) is 0 Å². The Hall–Kier alpha value is -2.60. The quantitative estimate of drug-likeness (QED) is 0.774. The van der Waals surface area contributed by atoms with Crippen LogP contribution < -0.4 is 9.62 Å². The van der Waals surface area contributed by atoms with Gasteiger partial charge in [-0.3, -0.25) is 9.10 Å². The van der Waals surface area contributed by atoms with Crippen molar-refractivity contribution in [1.29, 1.82) is 0 Å². The van der Waals surface area contributed by atoms with Crippen molar-refractivity contribution in [2.24, 2.45) is 0 Å². The number of carbonyl (C=O) groups is 1. The highest BCUT2D eigenvalue weighted by molar-refractivity contribution is 7.92. The number of rotatable bonds is 7. The molecule has 0 aliphatic rings. The summed E-state index contributed by atoms with van der Waals surface area (Å²) in [4.78, 5) is 11.9. The molecule has 0 radical (unpaired) electrons. The smallest absolute Gasteiger partial charge is 0.251 e. The average Bonchev–Trinajstić information content (AvgIpc) is 2.58. The summed E-state index contributed by atoms with van der Waals surface area (Å²) in [7, 11) is -3.45. The van der Waals surface area contributed by atoms with Crippen LogP contribution in [0.3, 0.4) is 0 Å². The second-order valence-corrected chi connectivity index (χ2v) is 7.71. The summed E-state index contributed by atoms with van der Waals surface area (Å²) in [5.74, 6) is -0.226. The van der Waals surface area contributed by atoms with Gasteiger partial charge in [0.2, 0.25) is 10.0 Å². The first-order chi connectivity index (χ1) is 11.8. The van der Waals surface area contributed by atoms with Gasteiger partial charge in [-0.2, -0.15) is 0 Å². The molecule has 0 spiro atoms. The summed E-state index contributed by atoms with van der Waals surface area (Å²) < 4.78 is 25.7. The van der Waals surface area contributed by atoms with Crippen LogP contribution in [0.15, 0.2) is 61.2 Å². The van der Waals surface area contributed by atoms with Crippen molar-refractivity contribution in [2.45, 2.75) is 13.5 Å². The number of hydrogen-bond acceptors (Lipinski definition) is 3. The molecule has 132 valence electrons. The van der Waals surface area contributed by atoms with Crippen molar-refractivity contribution < 1.29 is 13.2 Å². The maximum absolute atomic E-state index is 12.2. The van der Waals surface area contributed by atoms with E-state index in [2.05, 4.69) is 11.9 Å². The molecule has 6 heteroatoms. The third-order valence-corrected chi connectivity index (χ3v) is 4.81. The predicted molar refractivity (Wildman–Crippen MR) is 101 cm³/mol. The van der Waals surface area contributed by atoms with Crippen molar-refractivity contribution in [3.8, 4) is 0 Å². The molecule has 2 aromatic rings. The number of sulfonamides is 1. The molecule has 5 nitrogen and oxygen atoms in total. The van der Waals surface area contributed by atoms with Gasteiger partial charge in [0.25, 0.3) is 5.91 Å². The van der Waals surface area contributed by atoms with Gasteiger partial charge in [-0.15, -0.1) is 6.58 Å². The standard InChI is InChI=1S/C19H22N2O3S/c1-4-13-20-19(22)17-9-11-18(12-10-17)21(25(3,23)24)14-16-7-5-15(2)6-8-16/h4-12H,1,13-14H2,2-3H3,(H,20,22). The number of hydrogen-bond donors (Lipinski definition) is 1. The maximum Gasteiger partial charge on any atom is 0.251 e. The van der Waals surface area contributed by atoms with Gasteiger partial charge in [-0.25, -0.2) is 8.42 Å². The Kier molecular flexibility index (Phi) is 5.98. The summed E-state index contributed by atoms with van der Waals surface area (Å²) in [5, 5.41) is 2.68. The number of anilines is 1. The lowest BCUT2D eigenvalue weighted by Gasteiger charge is -2.23. The molecule has 2 rings (SSSR count). The zero-order valence-electron chi connectivity index (χ0n) is 14.4. The molecule has 2 aromatic carbocycles. The molecule has 0 heterocycles. The van der Waals surface area contributed by atoms with Crippen molar-refractivity contribution in [1.82, 2.24) is 5.32 Å². The van der Waals surface area contributed by atoms with E-state index >= 15 is 0 Å². The number of benzene rings is 2. The second kappa shape index (κ2) is 7.98. The minimum absolute atomic E-state index is 0.226. The Bertz CT molecular complexity index is 841. The van der Waals surface area contributed by atoms with Gasteiger partial charge in [0.1, 0.15) is 0 Å². The lowest BCUT2D eigenvalue weighted by Crippen LogP contribution is -2.29. The fourth-order valence-electron chi connectivity index (χ4n) is 2.31. The predicted octanol–water partition coefficient (Wildman–Crippen LogP) is 2.88. The monoisotopic (exact) mass is 358 g/mol. The van der Waals surface area contributed by atoms with Crippen molar-refractivity contribution in [3.05, 3.63) is 77.9 Å². The van der Waals surface area contributed by atoms with Gasteiger partial charge in [-0.1, -0.05) is 35.9 Å². The van der Waals surface area contributed by atoms with E-state index in [1.807, 2.05) is 31.2 Å². The van der Waals surface area contributed by atoms with Gasteiger partial charge < -0.3 is 5.32 Å². The first kappa shape index (κ1) is 18.7. The fraction of sp³-hybridized carbons (Fsp3) is 0.211. The van der Waals surface area contributed by atoms with E-state index in [1.54, 1.807) is 30.3 Å². The normalized spacial score (nSPS) is 11.0. The van der Waals surface area contributed by atoms with E-state index in [9.17, 15) is 13.2 Å². The van der Waals surface area contributed by atoms with E-state index in [4.69, 9.17) is 0 Å². The van der Waals surface area contributed by atoms with Crippen molar-refractivity contribution in [3.63, 3.8) is 0 Å². The van der Waals surface area contributed by atoms with Gasteiger partial charge in [0.05, 0.1) is 18.5 Å². The molecule has 0 atom stereocenters. The topological polar surface area (TPSA) is 66.5 Å². The first-order valence-electron chi connectivity index (χ1n) is 7.83. The number of amides is 1. The maximum atomic E-state index is 12.2. The Morgan fingerprint density at radius 1 is 1.12 bits per heavy atom. The highest BCUT2D eigenvalue weighted by Crippen LogP contribution is 2.21. The summed E-state index contributed by atoms with van der Waals surface area (Å²) in [5.41, 5.74) is 2.99. The molecule has 0 saturated heterocycles. The highest BCUT2D eigenvalue weighted by atomic mass is 32.2. The molecule has 0 saturated carbocycles. The van der Waals surface area contributed by atoms with E-state index in [1.165, 1.54) is 10.6 Å². The number of aryl methyl sites for hydroxylation is 1. The molecule has 1 N–H and O–H groups in total. The minimum Gasteiger partial charge on any atom is -0.349 e. The molecule has 1 amide bonds. The molecule has 0 aromatic heterocycles. The van der Waals surface area contributed by atoms with Crippen LogP contribution in [0.1, 0.15) is 21.5 Å². The van der Waals surface area contributed by atoms with E-state index in [0.717, 1.165) is 11.1 Å². The molecule has 0 aliphatic carbocycles. The molecular formula is C19H22N2O3S. The SMILES string of the molecule is C=CCNC(=O)c1ccc(N(Cc2ccc(C)cc2)S(C)(=O)=O)cc1. The van der Waals surface area contributed by atoms with Crippen LogP contribution in [-0.2, 0) is 16.6 Å². The summed E-state index contributed by atoms with van der Waals surface area (Å²) in [6.45, 7) is 6.14. The van der Waals surface area contributed by atoms with Gasteiger partial charge in [0.15, 0.2) is 0 Å². The lowest BCUT2D eigenvalue weighted by atomic mass is 10.1. The Balaban J connectivity index is 2.25. The summed E-state index contributed by atoms with van der Waals surface area (Å²) in [6, 6.07) is 14.2. The van der Waals surface area contributed by atoms with Crippen LogP contribution in [0.2, 0.25) is 0 Å². The van der Waals surface area contributed by atoms with Crippen LogP contribution in [0.4, 0.5) is 5.69 Å². The number of carbonyl (C=O) groups excluding carboxylic acids is 1. The van der Waals surface area contributed by atoms with E-state index < -0.39 is 10.0 Å². The third-order valence-electron chi connectivity index (χ3n) is 3.67. The molecular weight excluding hydrogens is 336 g/mol. The zero-order valence-corrected chi connectivity index (χ0v) is 15.2. The summed E-state index contributed by atoms with van der Waals surface area (Å²) >= 11 is 0. The average molecular weight is 358 g/mol. The minimum atomic E-state index is -3.45. The molecule has 0 fully saturated rings. The summed E-state index contributed by atoms with van der Waals surface area (Å²) in [6.07, 6.45) is 2.77. The highest BCUT2D eigenvalue weighted by Gasteiger charge is 2.18. The Labute approximate surface area is 149 Å². The Morgan fingerprint density at radius 3 is 2.24 bits per heavy atom. The number of nitrogens with zero attached hydrogens (tertiary/aromatic N) is 1. The molecule has 0 bridgehead atoms. The third kappa shape index (κ3) is 5.19. The lowest BCUT2D eigenvalue weighted by molar-refractivity contribution is 0.0958. The second-order valence-electron chi connectivity index (χ2n) is 5.80. The van der Waals surface area contributed by atoms with Crippen molar-refractivity contribution >= 4 is 21.6 Å². The molecule has 25 heavy (non-hydrogen) atoms.